The molecule has 196 valence electrons. The lowest BCUT2D eigenvalue weighted by Gasteiger charge is -2.35. The van der Waals surface area contributed by atoms with Crippen LogP contribution < -0.4 is 9.64 Å². The smallest absolute Gasteiger partial charge is 0.308 e. The molecule has 3 heterocycles. The van der Waals surface area contributed by atoms with Crippen molar-refractivity contribution in [2.45, 2.75) is 19.0 Å². The highest BCUT2D eigenvalue weighted by Crippen LogP contribution is 2.54. The molecule has 0 aromatic heterocycles. The van der Waals surface area contributed by atoms with E-state index in [2.05, 4.69) is 0 Å². The third-order valence-electron chi connectivity index (χ3n) is 8.14. The Balaban J connectivity index is 1.35. The van der Waals surface area contributed by atoms with Crippen LogP contribution in [-0.4, -0.2) is 34.5 Å². The predicted octanol–water partition coefficient (Wildman–Crippen LogP) is 5.16. The Bertz CT molecular complexity index is 1750. The second-order valence-electron chi connectivity index (χ2n) is 10.3. The number of fused-ring (bicyclic) bond motifs is 6. The van der Waals surface area contributed by atoms with Gasteiger partial charge in [-0.3, -0.25) is 19.2 Å². The van der Waals surface area contributed by atoms with Gasteiger partial charge >= 0.3 is 5.97 Å². The Hall–Kier alpha value is -5.04. The van der Waals surface area contributed by atoms with Crippen molar-refractivity contribution in [1.29, 1.82) is 0 Å². The molecule has 2 amide bonds. The molecule has 7 heteroatoms. The quantitative estimate of drug-likeness (QED) is 0.157. The maximum Gasteiger partial charge on any atom is 0.308 e. The van der Waals surface area contributed by atoms with Crippen molar-refractivity contribution in [3.8, 4) is 5.75 Å². The molecule has 2 fully saturated rings. The number of ketones is 1. The summed E-state index contributed by atoms with van der Waals surface area (Å²) in [4.78, 5) is 57.2. The summed E-state index contributed by atoms with van der Waals surface area (Å²) in [6.07, 6.45) is 3.76. The predicted molar refractivity (Wildman–Crippen MR) is 149 cm³/mol. The monoisotopic (exact) mass is 528 g/mol. The molecule has 0 bridgehead atoms. The number of benzene rings is 4. The Morgan fingerprint density at radius 2 is 1.48 bits per heavy atom. The van der Waals surface area contributed by atoms with E-state index in [1.807, 2.05) is 77.8 Å². The van der Waals surface area contributed by atoms with Crippen molar-refractivity contribution >= 4 is 46.1 Å². The van der Waals surface area contributed by atoms with Gasteiger partial charge in [0.15, 0.2) is 5.78 Å². The lowest BCUT2D eigenvalue weighted by molar-refractivity contribution is -0.132. The number of carbonyl (C=O) groups is 4. The van der Waals surface area contributed by atoms with Crippen molar-refractivity contribution in [2.75, 3.05) is 4.90 Å². The van der Waals surface area contributed by atoms with E-state index in [1.165, 1.54) is 11.8 Å². The molecule has 4 aromatic rings. The van der Waals surface area contributed by atoms with Crippen molar-refractivity contribution in [3.63, 3.8) is 0 Å². The van der Waals surface area contributed by atoms with Crippen molar-refractivity contribution in [3.05, 3.63) is 114 Å². The Kier molecular flexibility index (Phi) is 5.42. The first-order valence-electron chi connectivity index (χ1n) is 13.2. The Morgan fingerprint density at radius 3 is 2.27 bits per heavy atom. The molecule has 7 rings (SSSR count). The summed E-state index contributed by atoms with van der Waals surface area (Å²) in [5.74, 6) is -2.67. The van der Waals surface area contributed by atoms with Crippen LogP contribution in [0.2, 0.25) is 0 Å². The van der Waals surface area contributed by atoms with E-state index < -0.39 is 29.9 Å². The highest BCUT2D eigenvalue weighted by atomic mass is 16.5. The fourth-order valence-electron chi connectivity index (χ4n) is 6.52. The molecular formula is C33H24N2O5. The first-order chi connectivity index (χ1) is 19.4. The summed E-state index contributed by atoms with van der Waals surface area (Å²) >= 11 is 0. The molecule has 40 heavy (non-hydrogen) atoms. The molecule has 0 saturated carbocycles. The van der Waals surface area contributed by atoms with Crippen LogP contribution in [0.25, 0.3) is 16.8 Å². The summed E-state index contributed by atoms with van der Waals surface area (Å²) in [7, 11) is 0. The summed E-state index contributed by atoms with van der Waals surface area (Å²) in [5.41, 5.74) is 2.79. The highest BCUT2D eigenvalue weighted by molar-refractivity contribution is 6.27. The summed E-state index contributed by atoms with van der Waals surface area (Å²) in [6, 6.07) is 26.0. The van der Waals surface area contributed by atoms with E-state index >= 15 is 0 Å². The Morgan fingerprint density at radius 1 is 0.775 bits per heavy atom. The van der Waals surface area contributed by atoms with Crippen LogP contribution in [0.3, 0.4) is 0 Å². The van der Waals surface area contributed by atoms with E-state index in [-0.39, 0.29) is 17.6 Å². The lowest BCUT2D eigenvalue weighted by atomic mass is 9.83. The number of amides is 2. The fraction of sp³-hybridized carbons (Fsp3) is 0.152. The van der Waals surface area contributed by atoms with Crippen LogP contribution in [-0.2, 0) is 14.4 Å². The van der Waals surface area contributed by atoms with Crippen LogP contribution in [0, 0.1) is 11.8 Å². The topological polar surface area (TPSA) is 84.0 Å². The van der Waals surface area contributed by atoms with Gasteiger partial charge in [-0.05, 0) is 52.9 Å². The van der Waals surface area contributed by atoms with Crippen molar-refractivity contribution in [2.24, 2.45) is 11.8 Å². The van der Waals surface area contributed by atoms with E-state index in [0.29, 0.717) is 17.0 Å². The molecule has 3 aliphatic heterocycles. The average molecular weight is 529 g/mol. The number of carbonyl (C=O) groups excluding carboxylic acids is 4. The minimum atomic E-state index is -0.879. The molecule has 0 aliphatic carbocycles. The number of hydrogen-bond acceptors (Lipinski definition) is 6. The standard InChI is InChI=1S/C33H24N2O5/c1-19(36)40-23-15-13-22(14-16-23)31(37)30-28-27(29-25-11-5-3-8-21(25)17-18-34(29)30)32(38)35(33(28)39)26-12-6-9-20-7-2-4-10-24(20)26/h2-18,27-30H,1H3/t27-,28-,29+,30+/m1/s1. The van der Waals surface area contributed by atoms with Gasteiger partial charge in [0.2, 0.25) is 11.8 Å². The molecule has 0 spiro atoms. The van der Waals surface area contributed by atoms with Crippen molar-refractivity contribution < 1.29 is 23.9 Å². The van der Waals surface area contributed by atoms with Crippen LogP contribution >= 0.6 is 0 Å². The minimum Gasteiger partial charge on any atom is -0.427 e. The van der Waals surface area contributed by atoms with Gasteiger partial charge in [-0.1, -0.05) is 60.7 Å². The van der Waals surface area contributed by atoms with Crippen LogP contribution in [0.4, 0.5) is 5.69 Å². The first kappa shape index (κ1) is 24.0. The van der Waals surface area contributed by atoms with Gasteiger partial charge in [-0.15, -0.1) is 0 Å². The van der Waals surface area contributed by atoms with Gasteiger partial charge in [0.05, 0.1) is 23.6 Å². The number of nitrogens with zero attached hydrogens (tertiary/aromatic N) is 2. The number of ether oxygens (including phenoxy) is 1. The van der Waals surface area contributed by atoms with Crippen LogP contribution in [0.1, 0.15) is 34.5 Å². The minimum absolute atomic E-state index is 0.267. The molecule has 0 unspecified atom stereocenters. The number of Topliss-reactive ketones (excluding diaryl/α,β-unsaturated/α-hetero) is 1. The average Bonchev–Trinajstić information content (AvgIpc) is 3.44. The molecule has 4 aromatic carbocycles. The number of rotatable bonds is 4. The van der Waals surface area contributed by atoms with Gasteiger partial charge < -0.3 is 9.64 Å². The zero-order valence-electron chi connectivity index (χ0n) is 21.6. The Labute approximate surface area is 230 Å². The second kappa shape index (κ2) is 9.02. The van der Waals surface area contributed by atoms with Gasteiger partial charge in [0.1, 0.15) is 11.8 Å². The molecule has 2 saturated heterocycles. The van der Waals surface area contributed by atoms with Crippen molar-refractivity contribution in [1.82, 2.24) is 4.90 Å². The van der Waals surface area contributed by atoms with Gasteiger partial charge in [-0.2, -0.15) is 0 Å². The van der Waals surface area contributed by atoms with E-state index in [4.69, 9.17) is 4.74 Å². The third kappa shape index (κ3) is 3.51. The largest absolute Gasteiger partial charge is 0.427 e. The maximum atomic E-state index is 14.3. The second-order valence-corrected chi connectivity index (χ2v) is 10.3. The summed E-state index contributed by atoms with van der Waals surface area (Å²) in [5, 5.41) is 1.72. The highest BCUT2D eigenvalue weighted by Gasteiger charge is 2.64. The summed E-state index contributed by atoms with van der Waals surface area (Å²) < 4.78 is 5.12. The number of imide groups is 1. The maximum absolute atomic E-state index is 14.3. The lowest BCUT2D eigenvalue weighted by Crippen LogP contribution is -2.44. The SMILES string of the molecule is CC(=O)Oc1ccc(C(=O)[C@@H]2[C@@H]3C(=O)N(c4cccc5ccccc45)C(=O)[C@H]3[C@@H]3c4ccccc4C=CN23)cc1. The van der Waals surface area contributed by atoms with E-state index in [0.717, 1.165) is 21.9 Å². The zero-order valence-corrected chi connectivity index (χ0v) is 21.6. The molecule has 4 atom stereocenters. The normalized spacial score (nSPS) is 22.7. The van der Waals surface area contributed by atoms with E-state index in [9.17, 15) is 19.2 Å². The van der Waals surface area contributed by atoms with Crippen LogP contribution in [0.15, 0.2) is 97.2 Å². The number of hydrogen-bond donors (Lipinski definition) is 0. The van der Waals surface area contributed by atoms with Crippen LogP contribution in [0.5, 0.6) is 5.75 Å². The van der Waals surface area contributed by atoms with Gasteiger partial charge in [-0.25, -0.2) is 4.90 Å². The molecule has 0 radical (unpaired) electrons. The van der Waals surface area contributed by atoms with Gasteiger partial charge in [0.25, 0.3) is 0 Å². The fourth-order valence-corrected chi connectivity index (χ4v) is 6.52. The van der Waals surface area contributed by atoms with Gasteiger partial charge in [0, 0.05) is 24.1 Å². The molecular weight excluding hydrogens is 504 g/mol. The van der Waals surface area contributed by atoms with E-state index in [1.54, 1.807) is 30.3 Å². The third-order valence-corrected chi connectivity index (χ3v) is 8.14. The number of esters is 1. The molecule has 7 nitrogen and oxygen atoms in total. The summed E-state index contributed by atoms with van der Waals surface area (Å²) in [6.45, 7) is 1.31. The molecule has 0 N–H and O–H groups in total. The zero-order chi connectivity index (χ0) is 27.5. The first-order valence-corrected chi connectivity index (χ1v) is 13.2. The molecule has 3 aliphatic rings. The number of anilines is 1.